The topological polar surface area (TPSA) is 22.8 Å². The molecule has 0 saturated carbocycles. The van der Waals surface area contributed by atoms with Gasteiger partial charge >= 0.3 is 0 Å². The Morgan fingerprint density at radius 3 is 1.67 bits per heavy atom. The van der Waals surface area contributed by atoms with Crippen LogP contribution >= 0.6 is 0 Å². The standard InChI is InChI=1S/C39H25N3/c1-3-12-26(13-4-1)28-18-11-19-34-29(28)24-25-37(40-34)42-36-21-10-8-17-31(36)33-23-22-32-30-16-7-9-20-35(30)41(38(32)39(33)42)27-14-5-2-6-15-27/h1-25H. The fourth-order valence-electron chi connectivity index (χ4n) is 6.72. The molecule has 0 spiro atoms. The van der Waals surface area contributed by atoms with Crippen LogP contribution in [0.1, 0.15) is 0 Å². The summed E-state index contributed by atoms with van der Waals surface area (Å²) in [6.45, 7) is 0. The van der Waals surface area contributed by atoms with E-state index in [9.17, 15) is 0 Å². The third kappa shape index (κ3) is 3.25. The molecule has 0 aliphatic rings. The summed E-state index contributed by atoms with van der Waals surface area (Å²) < 4.78 is 4.77. The highest BCUT2D eigenvalue weighted by Crippen LogP contribution is 2.41. The third-order valence-electron chi connectivity index (χ3n) is 8.51. The molecule has 3 aromatic heterocycles. The van der Waals surface area contributed by atoms with Gasteiger partial charge in [0.25, 0.3) is 0 Å². The van der Waals surface area contributed by atoms with Crippen molar-refractivity contribution in [2.24, 2.45) is 0 Å². The van der Waals surface area contributed by atoms with Crippen molar-refractivity contribution >= 4 is 54.5 Å². The summed E-state index contributed by atoms with van der Waals surface area (Å²) in [6, 6.07) is 54.0. The summed E-state index contributed by atoms with van der Waals surface area (Å²) in [4.78, 5) is 5.32. The number of para-hydroxylation sites is 3. The minimum absolute atomic E-state index is 0.913. The van der Waals surface area contributed by atoms with Gasteiger partial charge < -0.3 is 4.57 Å². The van der Waals surface area contributed by atoms with Crippen molar-refractivity contribution in [1.82, 2.24) is 14.1 Å². The van der Waals surface area contributed by atoms with Crippen molar-refractivity contribution in [3.8, 4) is 22.6 Å². The summed E-state index contributed by atoms with van der Waals surface area (Å²) in [5, 5.41) is 6.07. The zero-order valence-corrected chi connectivity index (χ0v) is 22.8. The molecule has 3 heterocycles. The maximum absolute atomic E-state index is 5.32. The highest BCUT2D eigenvalue weighted by atomic mass is 15.1. The fourth-order valence-corrected chi connectivity index (χ4v) is 6.72. The molecule has 42 heavy (non-hydrogen) atoms. The van der Waals surface area contributed by atoms with Crippen LogP contribution in [-0.2, 0) is 0 Å². The first-order valence-electron chi connectivity index (χ1n) is 14.3. The Morgan fingerprint density at radius 2 is 0.952 bits per heavy atom. The van der Waals surface area contributed by atoms with Gasteiger partial charge in [0.2, 0.25) is 0 Å². The van der Waals surface area contributed by atoms with E-state index in [0.717, 1.165) is 27.9 Å². The molecule has 3 nitrogen and oxygen atoms in total. The zero-order valence-electron chi connectivity index (χ0n) is 22.8. The van der Waals surface area contributed by atoms with Gasteiger partial charge in [0.15, 0.2) is 0 Å². The highest BCUT2D eigenvalue weighted by Gasteiger charge is 2.21. The predicted molar refractivity (Wildman–Crippen MR) is 176 cm³/mol. The van der Waals surface area contributed by atoms with Crippen LogP contribution in [0, 0.1) is 0 Å². The van der Waals surface area contributed by atoms with Crippen LogP contribution in [0.3, 0.4) is 0 Å². The molecule has 0 atom stereocenters. The van der Waals surface area contributed by atoms with Gasteiger partial charge in [0, 0.05) is 32.6 Å². The van der Waals surface area contributed by atoms with Gasteiger partial charge in [-0.2, -0.15) is 0 Å². The second-order valence-electron chi connectivity index (χ2n) is 10.8. The maximum atomic E-state index is 5.32. The molecule has 0 bridgehead atoms. The van der Waals surface area contributed by atoms with E-state index in [2.05, 4.69) is 161 Å². The molecule has 0 fully saturated rings. The van der Waals surface area contributed by atoms with Gasteiger partial charge in [0.1, 0.15) is 5.82 Å². The van der Waals surface area contributed by atoms with Gasteiger partial charge in [-0.15, -0.1) is 0 Å². The Bertz CT molecular complexity index is 2450. The highest BCUT2D eigenvalue weighted by molar-refractivity contribution is 6.23. The molecule has 0 aliphatic carbocycles. The van der Waals surface area contributed by atoms with E-state index in [1.807, 2.05) is 0 Å². The third-order valence-corrected chi connectivity index (χ3v) is 8.51. The lowest BCUT2D eigenvalue weighted by Gasteiger charge is -2.13. The lowest BCUT2D eigenvalue weighted by atomic mass is 10.0. The molecule has 6 aromatic carbocycles. The molecular formula is C39H25N3. The summed E-state index contributed by atoms with van der Waals surface area (Å²) in [6.07, 6.45) is 0. The van der Waals surface area contributed by atoms with E-state index in [1.54, 1.807) is 0 Å². The van der Waals surface area contributed by atoms with E-state index in [0.29, 0.717) is 0 Å². The van der Waals surface area contributed by atoms with Gasteiger partial charge in [-0.3, -0.25) is 4.57 Å². The molecular weight excluding hydrogens is 510 g/mol. The van der Waals surface area contributed by atoms with Crippen molar-refractivity contribution in [3.63, 3.8) is 0 Å². The Kier molecular flexibility index (Phi) is 4.90. The minimum atomic E-state index is 0.913. The molecule has 9 aromatic rings. The maximum Gasteiger partial charge on any atom is 0.138 e. The lowest BCUT2D eigenvalue weighted by Crippen LogP contribution is -2.00. The number of hydrogen-bond donors (Lipinski definition) is 0. The van der Waals surface area contributed by atoms with Gasteiger partial charge in [0.05, 0.1) is 27.6 Å². The smallest absolute Gasteiger partial charge is 0.138 e. The summed E-state index contributed by atoms with van der Waals surface area (Å²) in [7, 11) is 0. The second-order valence-corrected chi connectivity index (χ2v) is 10.8. The largest absolute Gasteiger partial charge is 0.307 e. The Hall–Kier alpha value is -5.67. The van der Waals surface area contributed by atoms with Gasteiger partial charge in [-0.1, -0.05) is 109 Å². The first-order chi connectivity index (χ1) is 20.9. The first-order valence-corrected chi connectivity index (χ1v) is 14.3. The monoisotopic (exact) mass is 535 g/mol. The van der Waals surface area contributed by atoms with E-state index < -0.39 is 0 Å². The molecule has 3 heteroatoms. The van der Waals surface area contributed by atoms with Crippen LogP contribution in [0.25, 0.3) is 77.1 Å². The molecule has 0 unspecified atom stereocenters. The normalized spacial score (nSPS) is 11.8. The second kappa shape index (κ2) is 8.92. The van der Waals surface area contributed by atoms with Crippen LogP contribution < -0.4 is 0 Å². The summed E-state index contributed by atoms with van der Waals surface area (Å²) in [5.41, 5.74) is 9.22. The van der Waals surface area contributed by atoms with Crippen molar-refractivity contribution in [3.05, 3.63) is 152 Å². The van der Waals surface area contributed by atoms with Crippen molar-refractivity contribution in [2.45, 2.75) is 0 Å². The van der Waals surface area contributed by atoms with E-state index >= 15 is 0 Å². The summed E-state index contributed by atoms with van der Waals surface area (Å²) >= 11 is 0. The number of rotatable bonds is 3. The van der Waals surface area contributed by atoms with E-state index in [4.69, 9.17) is 4.98 Å². The van der Waals surface area contributed by atoms with Crippen LogP contribution in [0.2, 0.25) is 0 Å². The molecule has 0 radical (unpaired) electrons. The van der Waals surface area contributed by atoms with Gasteiger partial charge in [-0.25, -0.2) is 4.98 Å². The van der Waals surface area contributed by atoms with Crippen LogP contribution in [-0.4, -0.2) is 14.1 Å². The first kappa shape index (κ1) is 23.1. The Labute approximate surface area is 242 Å². The Morgan fingerprint density at radius 1 is 0.381 bits per heavy atom. The molecule has 0 N–H and O–H groups in total. The van der Waals surface area contributed by atoms with Crippen LogP contribution in [0.4, 0.5) is 0 Å². The molecule has 0 amide bonds. The van der Waals surface area contributed by atoms with Crippen molar-refractivity contribution in [2.75, 3.05) is 0 Å². The molecule has 0 saturated heterocycles. The predicted octanol–water partition coefficient (Wildman–Crippen LogP) is 10.1. The average Bonchev–Trinajstić information content (AvgIpc) is 3.58. The molecule has 196 valence electrons. The number of nitrogens with zero attached hydrogens (tertiary/aromatic N) is 3. The number of fused-ring (bicyclic) bond motifs is 8. The van der Waals surface area contributed by atoms with Crippen LogP contribution in [0.5, 0.6) is 0 Å². The van der Waals surface area contributed by atoms with Gasteiger partial charge in [-0.05, 0) is 53.6 Å². The SMILES string of the molecule is c1ccc(-c2cccc3nc(-n4c5ccccc5c5ccc6c7ccccc7n(-c7ccccc7)c6c54)ccc23)cc1. The quantitative estimate of drug-likeness (QED) is 0.221. The van der Waals surface area contributed by atoms with E-state index in [-0.39, 0.29) is 0 Å². The average molecular weight is 536 g/mol. The minimum Gasteiger partial charge on any atom is -0.307 e. The number of aromatic nitrogens is 3. The number of pyridine rings is 1. The van der Waals surface area contributed by atoms with Crippen molar-refractivity contribution < 1.29 is 0 Å². The van der Waals surface area contributed by atoms with E-state index in [1.165, 1.54) is 49.2 Å². The van der Waals surface area contributed by atoms with Crippen molar-refractivity contribution in [1.29, 1.82) is 0 Å². The summed E-state index contributed by atoms with van der Waals surface area (Å²) in [5.74, 6) is 0.913. The lowest BCUT2D eigenvalue weighted by molar-refractivity contribution is 1.09. The molecule has 0 aliphatic heterocycles. The number of hydrogen-bond acceptors (Lipinski definition) is 1. The van der Waals surface area contributed by atoms with Crippen LogP contribution in [0.15, 0.2) is 152 Å². The zero-order chi connectivity index (χ0) is 27.6. The fraction of sp³-hybridized carbons (Fsp3) is 0. The molecule has 9 rings (SSSR count). The number of benzene rings is 6. The Balaban J connectivity index is 1.43.